The van der Waals surface area contributed by atoms with Crippen LogP contribution in [0.3, 0.4) is 0 Å². The highest BCUT2D eigenvalue weighted by molar-refractivity contribution is 4.86. The first kappa shape index (κ1) is 14.0. The summed E-state index contributed by atoms with van der Waals surface area (Å²) in [4.78, 5) is 0. The Labute approximate surface area is 91.5 Å². The Hall–Kier alpha value is 0. The second-order valence-corrected chi connectivity index (χ2v) is 8.05. The Kier molecular flexibility index (Phi) is 3.87. The highest BCUT2D eigenvalue weighted by atomic mass is 14.4. The minimum absolute atomic E-state index is 0.408. The van der Waals surface area contributed by atoms with Crippen LogP contribution in [-0.2, 0) is 0 Å². The molecule has 0 spiro atoms. The molecule has 0 heterocycles. The summed E-state index contributed by atoms with van der Waals surface area (Å²) in [7, 11) is 0. The van der Waals surface area contributed by atoms with E-state index in [4.69, 9.17) is 0 Å². The number of hydrogen-bond acceptors (Lipinski definition) is 0. The Morgan fingerprint density at radius 1 is 0.643 bits per heavy atom. The summed E-state index contributed by atoms with van der Waals surface area (Å²) in [6.07, 6.45) is 1.31. The molecule has 0 saturated heterocycles. The van der Waals surface area contributed by atoms with Gasteiger partial charge in [0, 0.05) is 0 Å². The van der Waals surface area contributed by atoms with E-state index in [-0.39, 0.29) is 0 Å². The lowest BCUT2D eigenvalue weighted by atomic mass is 9.61. The molecule has 0 N–H and O–H groups in total. The van der Waals surface area contributed by atoms with E-state index < -0.39 is 0 Å². The van der Waals surface area contributed by atoms with Crippen LogP contribution in [0.4, 0.5) is 0 Å². The van der Waals surface area contributed by atoms with Crippen LogP contribution in [0.15, 0.2) is 0 Å². The van der Waals surface area contributed by atoms with E-state index in [2.05, 4.69) is 62.3 Å². The molecule has 14 heavy (non-hydrogen) atoms. The molecular weight excluding hydrogens is 168 g/mol. The quantitative estimate of drug-likeness (QED) is 0.548. The molecule has 0 aliphatic heterocycles. The smallest absolute Gasteiger partial charge is 0.0312 e. The standard InChI is InChI=1S/C14H30/c1-12(2,3)10-11(13(4,5)6)14(7,8)9/h11H,10H2,1-9H3. The van der Waals surface area contributed by atoms with Gasteiger partial charge in [-0.05, 0) is 28.6 Å². The van der Waals surface area contributed by atoms with E-state index in [1.165, 1.54) is 6.42 Å². The SMILES string of the molecule is CC(C)(C)CC(C(C)(C)C)C(C)(C)C. The van der Waals surface area contributed by atoms with Gasteiger partial charge in [0.15, 0.2) is 0 Å². The van der Waals surface area contributed by atoms with E-state index in [0.29, 0.717) is 16.2 Å². The Balaban J connectivity index is 4.78. The van der Waals surface area contributed by atoms with E-state index in [9.17, 15) is 0 Å². The van der Waals surface area contributed by atoms with E-state index in [1.807, 2.05) is 0 Å². The molecule has 0 unspecified atom stereocenters. The van der Waals surface area contributed by atoms with Crippen molar-refractivity contribution in [3.05, 3.63) is 0 Å². The molecule has 0 aromatic heterocycles. The van der Waals surface area contributed by atoms with Gasteiger partial charge < -0.3 is 0 Å². The van der Waals surface area contributed by atoms with Crippen molar-refractivity contribution in [1.29, 1.82) is 0 Å². The van der Waals surface area contributed by atoms with E-state index in [1.54, 1.807) is 0 Å². The van der Waals surface area contributed by atoms with Gasteiger partial charge in [-0.25, -0.2) is 0 Å². The van der Waals surface area contributed by atoms with E-state index in [0.717, 1.165) is 5.92 Å². The highest BCUT2D eigenvalue weighted by Gasteiger charge is 2.37. The maximum atomic E-state index is 2.37. The first-order valence-corrected chi connectivity index (χ1v) is 5.84. The van der Waals surface area contributed by atoms with Gasteiger partial charge >= 0.3 is 0 Å². The predicted molar refractivity (Wildman–Crippen MR) is 66.5 cm³/mol. The topological polar surface area (TPSA) is 0 Å². The van der Waals surface area contributed by atoms with Crippen LogP contribution in [0, 0.1) is 22.2 Å². The fraction of sp³-hybridized carbons (Fsp3) is 1.00. The lowest BCUT2D eigenvalue weighted by molar-refractivity contribution is 0.0589. The predicted octanol–water partition coefficient (Wildman–Crippen LogP) is 5.13. The molecule has 0 fully saturated rings. The Morgan fingerprint density at radius 3 is 1.00 bits per heavy atom. The van der Waals surface area contributed by atoms with Gasteiger partial charge in [-0.3, -0.25) is 0 Å². The highest BCUT2D eigenvalue weighted by Crippen LogP contribution is 2.46. The summed E-state index contributed by atoms with van der Waals surface area (Å²) in [6.45, 7) is 21.3. The monoisotopic (exact) mass is 198 g/mol. The maximum Gasteiger partial charge on any atom is -0.0312 e. The van der Waals surface area contributed by atoms with Crippen molar-refractivity contribution in [3.63, 3.8) is 0 Å². The minimum atomic E-state index is 0.408. The second kappa shape index (κ2) is 3.87. The third-order valence-corrected chi connectivity index (χ3v) is 2.91. The molecule has 0 rings (SSSR count). The van der Waals surface area contributed by atoms with Crippen molar-refractivity contribution in [2.75, 3.05) is 0 Å². The minimum Gasteiger partial charge on any atom is -0.0602 e. The third-order valence-electron chi connectivity index (χ3n) is 2.91. The molecule has 0 aliphatic rings. The third kappa shape index (κ3) is 5.02. The van der Waals surface area contributed by atoms with Gasteiger partial charge in [0.05, 0.1) is 0 Å². The number of rotatable bonds is 1. The number of hydrogen-bond donors (Lipinski definition) is 0. The summed E-state index contributed by atoms with van der Waals surface area (Å²) >= 11 is 0. The lowest BCUT2D eigenvalue weighted by Gasteiger charge is -2.44. The molecule has 0 aliphatic carbocycles. The van der Waals surface area contributed by atoms with Gasteiger partial charge in [-0.1, -0.05) is 62.3 Å². The molecule has 0 bridgehead atoms. The summed E-state index contributed by atoms with van der Waals surface area (Å²) in [5.74, 6) is 0.773. The molecule has 0 aromatic carbocycles. The van der Waals surface area contributed by atoms with Gasteiger partial charge in [0.1, 0.15) is 0 Å². The molecule has 0 amide bonds. The van der Waals surface area contributed by atoms with Crippen molar-refractivity contribution >= 4 is 0 Å². The lowest BCUT2D eigenvalue weighted by Crippen LogP contribution is -2.35. The van der Waals surface area contributed by atoms with Gasteiger partial charge in [-0.2, -0.15) is 0 Å². The average Bonchev–Trinajstić information content (AvgIpc) is 1.75. The summed E-state index contributed by atoms with van der Waals surface area (Å²) in [5.41, 5.74) is 1.25. The fourth-order valence-corrected chi connectivity index (χ4v) is 2.52. The van der Waals surface area contributed by atoms with Crippen LogP contribution in [0.5, 0.6) is 0 Å². The van der Waals surface area contributed by atoms with E-state index >= 15 is 0 Å². The zero-order valence-corrected chi connectivity index (χ0v) is 11.8. The molecule has 0 radical (unpaired) electrons. The van der Waals surface area contributed by atoms with Crippen LogP contribution >= 0.6 is 0 Å². The van der Waals surface area contributed by atoms with Crippen molar-refractivity contribution < 1.29 is 0 Å². The molecule has 0 heteroatoms. The average molecular weight is 198 g/mol. The van der Waals surface area contributed by atoms with Crippen molar-refractivity contribution in [1.82, 2.24) is 0 Å². The summed E-state index contributed by atoms with van der Waals surface area (Å²) in [6, 6.07) is 0. The van der Waals surface area contributed by atoms with Gasteiger partial charge in [-0.15, -0.1) is 0 Å². The molecular formula is C14H30. The van der Waals surface area contributed by atoms with Crippen LogP contribution in [0.1, 0.15) is 68.7 Å². The Bertz CT molecular complexity index is 154. The van der Waals surface area contributed by atoms with Gasteiger partial charge in [0.2, 0.25) is 0 Å². The molecule has 0 aromatic rings. The van der Waals surface area contributed by atoms with Crippen molar-refractivity contribution in [3.8, 4) is 0 Å². The largest absolute Gasteiger partial charge is 0.0602 e. The molecule has 0 atom stereocenters. The van der Waals surface area contributed by atoms with Gasteiger partial charge in [0.25, 0.3) is 0 Å². The molecule has 86 valence electrons. The van der Waals surface area contributed by atoms with Crippen LogP contribution in [0.2, 0.25) is 0 Å². The zero-order valence-electron chi connectivity index (χ0n) is 11.8. The summed E-state index contributed by atoms with van der Waals surface area (Å²) < 4.78 is 0. The zero-order chi connectivity index (χ0) is 11.8. The Morgan fingerprint density at radius 2 is 0.929 bits per heavy atom. The maximum absolute atomic E-state index is 2.37. The fourth-order valence-electron chi connectivity index (χ4n) is 2.52. The van der Waals surface area contributed by atoms with Crippen molar-refractivity contribution in [2.45, 2.75) is 68.7 Å². The molecule has 0 nitrogen and oxygen atoms in total. The first-order valence-electron chi connectivity index (χ1n) is 5.84. The normalized spacial score (nSPS) is 15.0. The molecule has 0 saturated carbocycles. The van der Waals surface area contributed by atoms with Crippen LogP contribution in [0.25, 0.3) is 0 Å². The van der Waals surface area contributed by atoms with Crippen molar-refractivity contribution in [2.24, 2.45) is 22.2 Å². The summed E-state index contributed by atoms with van der Waals surface area (Å²) in [5, 5.41) is 0. The van der Waals surface area contributed by atoms with Crippen LogP contribution < -0.4 is 0 Å². The second-order valence-electron chi connectivity index (χ2n) is 8.05. The van der Waals surface area contributed by atoms with Crippen LogP contribution in [-0.4, -0.2) is 0 Å². The first-order chi connectivity index (χ1) is 5.84.